The van der Waals surface area contributed by atoms with Gasteiger partial charge in [0.05, 0.1) is 6.20 Å². The zero-order chi connectivity index (χ0) is 14.7. The quantitative estimate of drug-likeness (QED) is 0.932. The lowest BCUT2D eigenvalue weighted by atomic mass is 10.0. The van der Waals surface area contributed by atoms with Crippen molar-refractivity contribution >= 4 is 5.69 Å². The average molecular weight is 285 g/mol. The molecule has 1 fully saturated rings. The summed E-state index contributed by atoms with van der Waals surface area (Å²) in [5.41, 5.74) is 3.83. The molecule has 3 heterocycles. The number of nitrogens with one attached hydrogen (secondary N) is 1. The van der Waals surface area contributed by atoms with E-state index in [2.05, 4.69) is 39.4 Å². The predicted octanol–water partition coefficient (Wildman–Crippen LogP) is 1.88. The molecule has 1 N–H and O–H groups in total. The maximum Gasteiger partial charge on any atom is 0.0537 e. The first-order chi connectivity index (χ1) is 10.2. The van der Waals surface area contributed by atoms with E-state index in [1.807, 2.05) is 30.3 Å². The van der Waals surface area contributed by atoms with Crippen molar-refractivity contribution in [1.29, 1.82) is 0 Å². The third-order valence-corrected chi connectivity index (χ3v) is 4.44. The number of aryl methyl sites for hydroxylation is 1. The van der Waals surface area contributed by atoms with Gasteiger partial charge in [0.2, 0.25) is 0 Å². The molecule has 2 aromatic rings. The maximum absolute atomic E-state index is 4.29. The highest BCUT2D eigenvalue weighted by atomic mass is 15.3. The second-order valence-electron chi connectivity index (χ2n) is 5.73. The smallest absolute Gasteiger partial charge is 0.0537 e. The topological polar surface area (TPSA) is 46.0 Å². The number of anilines is 1. The summed E-state index contributed by atoms with van der Waals surface area (Å²) >= 11 is 0. The Kier molecular flexibility index (Phi) is 4.20. The molecule has 0 atom stereocenters. The second-order valence-corrected chi connectivity index (χ2v) is 5.73. The van der Waals surface area contributed by atoms with Gasteiger partial charge in [0.15, 0.2) is 0 Å². The van der Waals surface area contributed by atoms with E-state index in [4.69, 9.17) is 0 Å². The van der Waals surface area contributed by atoms with E-state index in [0.29, 0.717) is 6.04 Å². The molecule has 2 aromatic heterocycles. The largest absolute Gasteiger partial charge is 0.371 e. The van der Waals surface area contributed by atoms with Crippen LogP contribution in [-0.4, -0.2) is 33.9 Å². The fraction of sp³-hybridized carbons (Fsp3) is 0.500. The minimum Gasteiger partial charge on any atom is -0.371 e. The molecule has 0 spiro atoms. The molecule has 21 heavy (non-hydrogen) atoms. The minimum absolute atomic E-state index is 0.600. The van der Waals surface area contributed by atoms with Crippen molar-refractivity contribution in [1.82, 2.24) is 20.1 Å². The van der Waals surface area contributed by atoms with E-state index >= 15 is 0 Å². The van der Waals surface area contributed by atoms with Crippen molar-refractivity contribution < 1.29 is 0 Å². The molecule has 0 aromatic carbocycles. The van der Waals surface area contributed by atoms with Crippen LogP contribution in [0, 0.1) is 6.92 Å². The molecule has 1 saturated heterocycles. The molecule has 0 aliphatic carbocycles. The van der Waals surface area contributed by atoms with Gasteiger partial charge in [-0.3, -0.25) is 9.67 Å². The molecule has 0 unspecified atom stereocenters. The van der Waals surface area contributed by atoms with Gasteiger partial charge in [-0.2, -0.15) is 5.10 Å². The molecule has 0 amide bonds. The van der Waals surface area contributed by atoms with Crippen LogP contribution in [-0.2, 0) is 13.6 Å². The van der Waals surface area contributed by atoms with Gasteiger partial charge in [0.25, 0.3) is 0 Å². The van der Waals surface area contributed by atoms with Crippen molar-refractivity contribution in [3.05, 3.63) is 42.0 Å². The van der Waals surface area contributed by atoms with E-state index in [1.165, 1.54) is 29.8 Å². The Labute approximate surface area is 126 Å². The van der Waals surface area contributed by atoms with Gasteiger partial charge in [-0.25, -0.2) is 0 Å². The number of pyridine rings is 1. The maximum atomic E-state index is 4.29. The lowest BCUT2D eigenvalue weighted by molar-refractivity contribution is 0.413. The fourth-order valence-corrected chi connectivity index (χ4v) is 2.87. The first-order valence-corrected chi connectivity index (χ1v) is 7.60. The number of rotatable bonds is 4. The van der Waals surface area contributed by atoms with Crippen molar-refractivity contribution in [2.24, 2.45) is 7.05 Å². The van der Waals surface area contributed by atoms with Crippen LogP contribution in [0.5, 0.6) is 0 Å². The lowest BCUT2D eigenvalue weighted by Crippen LogP contribution is -2.42. The molecule has 112 valence electrons. The molecular weight excluding hydrogens is 262 g/mol. The Morgan fingerprint density at radius 1 is 1.24 bits per heavy atom. The van der Waals surface area contributed by atoms with Crippen molar-refractivity contribution in [2.45, 2.75) is 32.4 Å². The van der Waals surface area contributed by atoms with Crippen LogP contribution >= 0.6 is 0 Å². The first-order valence-electron chi connectivity index (χ1n) is 7.60. The lowest BCUT2D eigenvalue weighted by Gasteiger charge is -2.34. The molecule has 5 nitrogen and oxygen atoms in total. The van der Waals surface area contributed by atoms with Crippen LogP contribution in [0.2, 0.25) is 0 Å². The summed E-state index contributed by atoms with van der Waals surface area (Å²) in [5, 5.41) is 7.97. The highest BCUT2D eigenvalue weighted by molar-refractivity contribution is 5.44. The summed E-state index contributed by atoms with van der Waals surface area (Å²) in [4.78, 5) is 6.52. The third kappa shape index (κ3) is 3.24. The van der Waals surface area contributed by atoms with Gasteiger partial charge in [-0.1, -0.05) is 0 Å². The molecule has 1 aliphatic heterocycles. The number of nitrogens with zero attached hydrogens (tertiary/aromatic N) is 4. The Balaban J connectivity index is 1.49. The van der Waals surface area contributed by atoms with Crippen molar-refractivity contribution in [3.8, 4) is 0 Å². The summed E-state index contributed by atoms with van der Waals surface area (Å²) in [6.07, 6.45) is 8.06. The van der Waals surface area contributed by atoms with Crippen molar-refractivity contribution in [3.63, 3.8) is 0 Å². The van der Waals surface area contributed by atoms with E-state index in [-0.39, 0.29) is 0 Å². The van der Waals surface area contributed by atoms with Gasteiger partial charge in [-0.05, 0) is 31.9 Å². The van der Waals surface area contributed by atoms with Crippen molar-refractivity contribution in [2.75, 3.05) is 18.0 Å². The van der Waals surface area contributed by atoms with E-state index < -0.39 is 0 Å². The normalized spacial score (nSPS) is 16.4. The molecular formula is C16H23N5. The van der Waals surface area contributed by atoms with Gasteiger partial charge in [0.1, 0.15) is 0 Å². The molecule has 0 bridgehead atoms. The zero-order valence-electron chi connectivity index (χ0n) is 12.8. The monoisotopic (exact) mass is 285 g/mol. The first kappa shape index (κ1) is 14.1. The highest BCUT2D eigenvalue weighted by Crippen LogP contribution is 2.19. The van der Waals surface area contributed by atoms with Gasteiger partial charge in [0, 0.05) is 62.1 Å². The molecule has 0 saturated carbocycles. The van der Waals surface area contributed by atoms with Crippen LogP contribution < -0.4 is 10.2 Å². The summed E-state index contributed by atoms with van der Waals surface area (Å²) in [6.45, 7) is 5.25. The third-order valence-electron chi connectivity index (χ3n) is 4.44. The Hall–Kier alpha value is -1.88. The van der Waals surface area contributed by atoms with E-state index in [0.717, 1.165) is 19.6 Å². The second kappa shape index (κ2) is 6.26. The highest BCUT2D eigenvalue weighted by Gasteiger charge is 2.19. The minimum atomic E-state index is 0.600. The summed E-state index contributed by atoms with van der Waals surface area (Å²) in [7, 11) is 1.99. The molecule has 3 rings (SSSR count). The molecule has 5 heteroatoms. The summed E-state index contributed by atoms with van der Waals surface area (Å²) in [6, 6.07) is 4.78. The fourth-order valence-electron chi connectivity index (χ4n) is 2.87. The summed E-state index contributed by atoms with van der Waals surface area (Å²) < 4.78 is 1.93. The number of aromatic nitrogens is 3. The number of hydrogen-bond donors (Lipinski definition) is 1. The summed E-state index contributed by atoms with van der Waals surface area (Å²) in [5.74, 6) is 0. The van der Waals surface area contributed by atoms with Gasteiger partial charge >= 0.3 is 0 Å². The van der Waals surface area contributed by atoms with Crippen LogP contribution in [0.1, 0.15) is 24.1 Å². The average Bonchev–Trinajstić information content (AvgIpc) is 2.86. The predicted molar refractivity (Wildman–Crippen MR) is 84.3 cm³/mol. The van der Waals surface area contributed by atoms with Crippen LogP contribution in [0.25, 0.3) is 0 Å². The Morgan fingerprint density at radius 2 is 1.95 bits per heavy atom. The van der Waals surface area contributed by atoms with Gasteiger partial charge < -0.3 is 10.2 Å². The molecule has 1 aliphatic rings. The SMILES string of the molecule is Cc1c(CNC2CCN(c3ccncc3)CC2)cnn1C. The molecule has 0 radical (unpaired) electrons. The van der Waals surface area contributed by atoms with Crippen LogP contribution in [0.3, 0.4) is 0 Å². The zero-order valence-corrected chi connectivity index (χ0v) is 12.8. The van der Waals surface area contributed by atoms with E-state index in [9.17, 15) is 0 Å². The Bertz CT molecular complexity index is 570. The van der Waals surface area contributed by atoms with Crippen LogP contribution in [0.4, 0.5) is 5.69 Å². The Morgan fingerprint density at radius 3 is 2.57 bits per heavy atom. The van der Waals surface area contributed by atoms with Gasteiger partial charge in [-0.15, -0.1) is 0 Å². The standard InChI is InChI=1S/C16H23N5/c1-13-14(12-19-20(13)2)11-18-15-5-9-21(10-6-15)16-3-7-17-8-4-16/h3-4,7-8,12,15,18H,5-6,9-11H2,1-2H3. The van der Waals surface area contributed by atoms with Crippen LogP contribution in [0.15, 0.2) is 30.7 Å². The number of hydrogen-bond acceptors (Lipinski definition) is 4. The van der Waals surface area contributed by atoms with E-state index in [1.54, 1.807) is 0 Å². The number of piperidine rings is 1.